The lowest BCUT2D eigenvalue weighted by Crippen LogP contribution is -2.31. The lowest BCUT2D eigenvalue weighted by molar-refractivity contribution is 0.0963. The second kappa shape index (κ2) is 7.92. The Morgan fingerprint density at radius 2 is 1.87 bits per heavy atom. The zero-order chi connectivity index (χ0) is 16.8. The summed E-state index contributed by atoms with van der Waals surface area (Å²) in [5.74, 6) is -0.0887. The van der Waals surface area contributed by atoms with E-state index in [2.05, 4.69) is 29.4 Å². The molecule has 1 amide bonds. The molecule has 0 aromatic heterocycles. The number of carbonyl (C=O) groups is 1. The molecular weight excluding hydrogens is 288 g/mol. The summed E-state index contributed by atoms with van der Waals surface area (Å²) < 4.78 is 0. The monoisotopic (exact) mass is 314 g/mol. The summed E-state index contributed by atoms with van der Waals surface area (Å²) in [6.45, 7) is 6.34. The molecule has 1 aliphatic heterocycles. The van der Waals surface area contributed by atoms with Gasteiger partial charge >= 0.3 is 0 Å². The fourth-order valence-electron chi connectivity index (χ4n) is 2.65. The molecule has 0 bridgehead atoms. The number of anilines is 1. The molecule has 1 aliphatic rings. The average molecular weight is 314 g/mol. The van der Waals surface area contributed by atoms with Gasteiger partial charge in [-0.25, -0.2) is 0 Å². The van der Waals surface area contributed by atoms with Gasteiger partial charge < -0.3 is 20.9 Å². The van der Waals surface area contributed by atoms with Crippen LogP contribution in [0.4, 0.5) is 5.69 Å². The summed E-state index contributed by atoms with van der Waals surface area (Å²) >= 11 is 0. The molecule has 0 radical (unpaired) electrons. The highest BCUT2D eigenvalue weighted by Gasteiger charge is 2.17. The molecular formula is C18H26N4O. The van der Waals surface area contributed by atoms with Gasteiger partial charge in [0.2, 0.25) is 0 Å². The standard InChI is InChI=1S/C18H26N4O/c1-13(2)22-10-8-15(17(19)9-11-22)12-21-16-6-4-14(5-7-16)18(23)20-3/h4-7,12-13,19,21H,8-11H2,1-3H3,(H,20,23)/b15-12-,19-17?. The van der Waals surface area contributed by atoms with Gasteiger partial charge in [0.15, 0.2) is 0 Å². The van der Waals surface area contributed by atoms with Crippen molar-refractivity contribution >= 4 is 17.3 Å². The molecule has 2 rings (SSSR count). The summed E-state index contributed by atoms with van der Waals surface area (Å²) in [4.78, 5) is 13.9. The fourth-order valence-corrected chi connectivity index (χ4v) is 2.65. The van der Waals surface area contributed by atoms with Crippen LogP contribution in [0.1, 0.15) is 37.0 Å². The molecule has 5 nitrogen and oxygen atoms in total. The molecule has 1 heterocycles. The Kier molecular flexibility index (Phi) is 5.93. The number of hydrogen-bond acceptors (Lipinski definition) is 4. The Hall–Kier alpha value is -2.14. The lowest BCUT2D eigenvalue weighted by Gasteiger charge is -2.23. The van der Waals surface area contributed by atoms with Gasteiger partial charge in [-0.05, 0) is 50.1 Å². The first kappa shape index (κ1) is 17.2. The van der Waals surface area contributed by atoms with Crippen molar-refractivity contribution in [1.29, 1.82) is 5.41 Å². The number of amides is 1. The van der Waals surface area contributed by atoms with Gasteiger partial charge in [0.1, 0.15) is 0 Å². The molecule has 0 saturated carbocycles. The number of nitrogens with zero attached hydrogens (tertiary/aromatic N) is 1. The van der Waals surface area contributed by atoms with E-state index in [1.807, 2.05) is 18.3 Å². The predicted molar refractivity (Wildman–Crippen MR) is 95.2 cm³/mol. The summed E-state index contributed by atoms with van der Waals surface area (Å²) in [5.41, 5.74) is 3.33. The van der Waals surface area contributed by atoms with Crippen LogP contribution in [0.5, 0.6) is 0 Å². The summed E-state index contributed by atoms with van der Waals surface area (Å²) in [6.07, 6.45) is 3.61. The Morgan fingerprint density at radius 3 is 2.48 bits per heavy atom. The molecule has 3 N–H and O–H groups in total. The molecule has 23 heavy (non-hydrogen) atoms. The van der Waals surface area contributed by atoms with E-state index in [0.717, 1.165) is 37.2 Å². The minimum Gasteiger partial charge on any atom is -0.361 e. The summed E-state index contributed by atoms with van der Waals surface area (Å²) in [5, 5.41) is 14.1. The predicted octanol–water partition coefficient (Wildman–Crippen LogP) is 2.87. The molecule has 1 aromatic carbocycles. The maximum absolute atomic E-state index is 11.5. The van der Waals surface area contributed by atoms with Crippen LogP contribution in [0.25, 0.3) is 0 Å². The number of likely N-dealkylation sites (tertiary alicyclic amines) is 1. The molecule has 1 aromatic rings. The third-order valence-electron chi connectivity index (χ3n) is 4.22. The Morgan fingerprint density at radius 1 is 1.22 bits per heavy atom. The molecule has 124 valence electrons. The second-order valence-electron chi connectivity index (χ2n) is 6.08. The Labute approximate surface area is 138 Å². The molecule has 0 aliphatic carbocycles. The second-order valence-corrected chi connectivity index (χ2v) is 6.08. The number of benzene rings is 1. The highest BCUT2D eigenvalue weighted by atomic mass is 16.1. The number of carbonyl (C=O) groups excluding carboxylic acids is 1. The summed E-state index contributed by atoms with van der Waals surface area (Å²) in [7, 11) is 1.62. The normalized spacial score (nSPS) is 18.1. The van der Waals surface area contributed by atoms with Crippen molar-refractivity contribution in [1.82, 2.24) is 10.2 Å². The maximum atomic E-state index is 11.5. The third kappa shape index (κ3) is 4.66. The van der Waals surface area contributed by atoms with E-state index in [4.69, 9.17) is 5.41 Å². The van der Waals surface area contributed by atoms with E-state index in [-0.39, 0.29) is 5.91 Å². The SMILES string of the molecule is CNC(=O)c1ccc(N/C=C2/CCN(C(C)C)CCC2=N)cc1. The average Bonchev–Trinajstić information content (AvgIpc) is 2.74. The van der Waals surface area contributed by atoms with Crippen LogP contribution in [-0.2, 0) is 0 Å². The summed E-state index contributed by atoms with van der Waals surface area (Å²) in [6, 6.07) is 7.86. The van der Waals surface area contributed by atoms with E-state index in [9.17, 15) is 4.79 Å². The third-order valence-corrected chi connectivity index (χ3v) is 4.22. The fraction of sp³-hybridized carbons (Fsp3) is 0.444. The smallest absolute Gasteiger partial charge is 0.251 e. The molecule has 1 saturated heterocycles. The van der Waals surface area contributed by atoms with E-state index in [1.165, 1.54) is 0 Å². The van der Waals surface area contributed by atoms with Gasteiger partial charge in [-0.1, -0.05) is 0 Å². The minimum absolute atomic E-state index is 0.0887. The molecule has 0 atom stereocenters. The van der Waals surface area contributed by atoms with Gasteiger partial charge in [-0.15, -0.1) is 0 Å². The van der Waals surface area contributed by atoms with Crippen LogP contribution >= 0.6 is 0 Å². The number of nitrogens with one attached hydrogen (secondary N) is 3. The van der Waals surface area contributed by atoms with Crippen molar-refractivity contribution in [3.63, 3.8) is 0 Å². The minimum atomic E-state index is -0.0887. The maximum Gasteiger partial charge on any atom is 0.251 e. The highest BCUT2D eigenvalue weighted by molar-refractivity contribution is 5.98. The van der Waals surface area contributed by atoms with Crippen molar-refractivity contribution in [2.45, 2.75) is 32.7 Å². The van der Waals surface area contributed by atoms with Crippen LogP contribution in [-0.4, -0.2) is 42.7 Å². The Bertz CT molecular complexity index is 590. The van der Waals surface area contributed by atoms with Gasteiger partial charge in [0, 0.05) is 55.8 Å². The van der Waals surface area contributed by atoms with Gasteiger partial charge in [0.05, 0.1) is 0 Å². The molecule has 5 heteroatoms. The van der Waals surface area contributed by atoms with E-state index < -0.39 is 0 Å². The van der Waals surface area contributed by atoms with Crippen molar-refractivity contribution in [3.8, 4) is 0 Å². The largest absolute Gasteiger partial charge is 0.361 e. The van der Waals surface area contributed by atoms with Gasteiger partial charge in [0.25, 0.3) is 5.91 Å². The number of rotatable bonds is 4. The van der Waals surface area contributed by atoms with Gasteiger partial charge in [-0.2, -0.15) is 0 Å². The first-order valence-electron chi connectivity index (χ1n) is 8.11. The van der Waals surface area contributed by atoms with E-state index in [0.29, 0.717) is 17.3 Å². The number of hydrogen-bond donors (Lipinski definition) is 3. The van der Waals surface area contributed by atoms with Crippen molar-refractivity contribution in [2.75, 3.05) is 25.5 Å². The lowest BCUT2D eigenvalue weighted by atomic mass is 10.1. The molecule has 0 unspecified atom stereocenters. The van der Waals surface area contributed by atoms with E-state index in [1.54, 1.807) is 19.2 Å². The quantitative estimate of drug-likeness (QED) is 0.800. The van der Waals surface area contributed by atoms with Gasteiger partial charge in [-0.3, -0.25) is 4.79 Å². The first-order chi connectivity index (χ1) is 11.0. The van der Waals surface area contributed by atoms with Crippen LogP contribution in [0.3, 0.4) is 0 Å². The topological polar surface area (TPSA) is 68.2 Å². The zero-order valence-electron chi connectivity index (χ0n) is 14.1. The highest BCUT2D eigenvalue weighted by Crippen LogP contribution is 2.17. The van der Waals surface area contributed by atoms with Crippen LogP contribution in [0, 0.1) is 5.41 Å². The van der Waals surface area contributed by atoms with Crippen LogP contribution in [0.2, 0.25) is 0 Å². The zero-order valence-corrected chi connectivity index (χ0v) is 14.1. The van der Waals surface area contributed by atoms with Crippen molar-refractivity contribution < 1.29 is 4.79 Å². The first-order valence-corrected chi connectivity index (χ1v) is 8.11. The molecule has 0 spiro atoms. The Balaban J connectivity index is 2.01. The van der Waals surface area contributed by atoms with Crippen molar-refractivity contribution in [3.05, 3.63) is 41.6 Å². The van der Waals surface area contributed by atoms with Crippen LogP contribution in [0.15, 0.2) is 36.0 Å². The van der Waals surface area contributed by atoms with Crippen LogP contribution < -0.4 is 10.6 Å². The van der Waals surface area contributed by atoms with E-state index >= 15 is 0 Å². The molecule has 1 fully saturated rings. The van der Waals surface area contributed by atoms with Crippen molar-refractivity contribution in [2.24, 2.45) is 0 Å².